The molecule has 0 aromatic carbocycles. The average Bonchev–Trinajstić information content (AvgIpc) is 3.37. The van der Waals surface area contributed by atoms with Crippen LogP contribution in [-0.2, 0) is 9.59 Å². The Bertz CT molecular complexity index is 441. The average molecular weight is 416 g/mol. The highest BCUT2D eigenvalue weighted by Crippen LogP contribution is 2.21. The summed E-state index contributed by atoms with van der Waals surface area (Å²) < 4.78 is 0. The second kappa shape index (κ2) is 15.1. The smallest absolute Gasteiger partial charge is 0.242 e. The van der Waals surface area contributed by atoms with Crippen molar-refractivity contribution < 1.29 is 9.59 Å². The van der Waals surface area contributed by atoms with Gasteiger partial charge in [-0.1, -0.05) is 64.7 Å². The summed E-state index contributed by atoms with van der Waals surface area (Å²) in [4.78, 5) is 26.9. The zero-order chi connectivity index (χ0) is 19.3. The van der Waals surface area contributed by atoms with Gasteiger partial charge in [0, 0.05) is 13.1 Å². The standard InChI is InChI=1S/C22H41N3O2.ClH/c1-2-3-4-5-6-7-8-9-10-11-16-24-21(26)20-15-13-18-25(20)22(27)19-14-12-17-23-19;/h19-20,23H,2-18H2,1H3,(H,24,26);1H/t19-,20-;/m0./s1. The molecule has 2 aliphatic rings. The van der Waals surface area contributed by atoms with Crippen molar-refractivity contribution in [1.82, 2.24) is 15.5 Å². The molecule has 6 heteroatoms. The highest BCUT2D eigenvalue weighted by molar-refractivity contribution is 5.90. The molecule has 0 aromatic heterocycles. The maximum absolute atomic E-state index is 12.6. The first-order chi connectivity index (χ1) is 13.2. The number of hydrogen-bond donors (Lipinski definition) is 2. The van der Waals surface area contributed by atoms with Gasteiger partial charge in [-0.15, -0.1) is 12.4 Å². The fraction of sp³-hybridized carbons (Fsp3) is 0.909. The zero-order valence-corrected chi connectivity index (χ0v) is 18.7. The number of nitrogens with zero attached hydrogens (tertiary/aromatic N) is 1. The van der Waals surface area contributed by atoms with Gasteiger partial charge in [0.05, 0.1) is 6.04 Å². The van der Waals surface area contributed by atoms with Gasteiger partial charge < -0.3 is 15.5 Å². The third kappa shape index (κ3) is 8.69. The Morgan fingerprint density at radius 3 is 2.18 bits per heavy atom. The molecule has 2 aliphatic heterocycles. The van der Waals surface area contributed by atoms with Crippen LogP contribution in [0.5, 0.6) is 0 Å². The van der Waals surface area contributed by atoms with Gasteiger partial charge in [0.1, 0.15) is 6.04 Å². The largest absolute Gasteiger partial charge is 0.354 e. The molecule has 0 spiro atoms. The van der Waals surface area contributed by atoms with Crippen molar-refractivity contribution in [3.8, 4) is 0 Å². The summed E-state index contributed by atoms with van der Waals surface area (Å²) in [5.41, 5.74) is 0. The van der Waals surface area contributed by atoms with Crippen LogP contribution in [0.4, 0.5) is 0 Å². The molecule has 28 heavy (non-hydrogen) atoms. The summed E-state index contributed by atoms with van der Waals surface area (Å²) in [6, 6.07) is -0.316. The molecule has 0 bridgehead atoms. The molecule has 2 N–H and O–H groups in total. The zero-order valence-electron chi connectivity index (χ0n) is 17.8. The number of carbonyl (C=O) groups excluding carboxylic acids is 2. The van der Waals surface area contributed by atoms with Crippen LogP contribution in [0.3, 0.4) is 0 Å². The molecule has 0 unspecified atom stereocenters. The molecule has 2 rings (SSSR count). The van der Waals surface area contributed by atoms with Gasteiger partial charge in [-0.05, 0) is 38.6 Å². The van der Waals surface area contributed by atoms with Crippen molar-refractivity contribution in [3.63, 3.8) is 0 Å². The summed E-state index contributed by atoms with van der Waals surface area (Å²) >= 11 is 0. The van der Waals surface area contributed by atoms with E-state index in [4.69, 9.17) is 0 Å². The first-order valence-electron chi connectivity index (χ1n) is 11.6. The summed E-state index contributed by atoms with van der Waals surface area (Å²) in [6.45, 7) is 4.65. The topological polar surface area (TPSA) is 61.4 Å². The lowest BCUT2D eigenvalue weighted by Crippen LogP contribution is -2.51. The normalized spacial score (nSPS) is 21.5. The summed E-state index contributed by atoms with van der Waals surface area (Å²) in [7, 11) is 0. The van der Waals surface area contributed by atoms with E-state index in [1.54, 1.807) is 0 Å². The minimum atomic E-state index is -0.247. The number of likely N-dealkylation sites (tertiary alicyclic amines) is 1. The Labute approximate surface area is 178 Å². The van der Waals surface area contributed by atoms with Crippen LogP contribution in [0.25, 0.3) is 0 Å². The van der Waals surface area contributed by atoms with E-state index in [1.165, 1.54) is 57.8 Å². The molecule has 2 atom stereocenters. The molecular formula is C22H42ClN3O2. The fourth-order valence-corrected chi connectivity index (χ4v) is 4.34. The second-order valence-corrected chi connectivity index (χ2v) is 8.31. The molecule has 0 saturated carbocycles. The van der Waals surface area contributed by atoms with Crippen LogP contribution in [0, 0.1) is 0 Å². The molecule has 0 radical (unpaired) electrons. The number of amides is 2. The predicted molar refractivity (Wildman–Crippen MR) is 118 cm³/mol. The van der Waals surface area contributed by atoms with Gasteiger partial charge in [-0.2, -0.15) is 0 Å². The lowest BCUT2D eigenvalue weighted by atomic mass is 10.1. The van der Waals surface area contributed by atoms with E-state index in [9.17, 15) is 9.59 Å². The van der Waals surface area contributed by atoms with Crippen molar-refractivity contribution in [3.05, 3.63) is 0 Å². The number of halogens is 1. The SMILES string of the molecule is CCCCCCCCCCCCNC(=O)[C@@H]1CCCN1C(=O)[C@@H]1CCCN1.Cl. The van der Waals surface area contributed by atoms with Crippen molar-refractivity contribution >= 4 is 24.2 Å². The molecular weight excluding hydrogens is 374 g/mol. The molecule has 5 nitrogen and oxygen atoms in total. The van der Waals surface area contributed by atoms with Crippen LogP contribution in [0.1, 0.15) is 96.8 Å². The van der Waals surface area contributed by atoms with Gasteiger partial charge in [0.25, 0.3) is 0 Å². The predicted octanol–water partition coefficient (Wildman–Crippen LogP) is 4.19. The van der Waals surface area contributed by atoms with E-state index in [0.29, 0.717) is 0 Å². The number of unbranched alkanes of at least 4 members (excludes halogenated alkanes) is 9. The van der Waals surface area contributed by atoms with Crippen LogP contribution in [0.2, 0.25) is 0 Å². The number of rotatable bonds is 13. The van der Waals surface area contributed by atoms with Gasteiger partial charge in [-0.25, -0.2) is 0 Å². The van der Waals surface area contributed by atoms with Crippen molar-refractivity contribution in [2.24, 2.45) is 0 Å². The number of nitrogens with one attached hydrogen (secondary N) is 2. The molecule has 2 saturated heterocycles. The molecule has 2 amide bonds. The summed E-state index contributed by atoms with van der Waals surface area (Å²) in [6.07, 6.45) is 16.7. The lowest BCUT2D eigenvalue weighted by molar-refractivity contribution is -0.139. The highest BCUT2D eigenvalue weighted by atomic mass is 35.5. The van der Waals surface area contributed by atoms with E-state index in [2.05, 4.69) is 17.6 Å². The summed E-state index contributed by atoms with van der Waals surface area (Å²) in [5.74, 6) is 0.179. The molecule has 2 fully saturated rings. The van der Waals surface area contributed by atoms with Crippen LogP contribution in [0.15, 0.2) is 0 Å². The third-order valence-corrected chi connectivity index (χ3v) is 6.03. The fourth-order valence-electron chi connectivity index (χ4n) is 4.34. The third-order valence-electron chi connectivity index (χ3n) is 6.03. The first-order valence-corrected chi connectivity index (χ1v) is 11.6. The van der Waals surface area contributed by atoms with Gasteiger partial charge in [0.2, 0.25) is 11.8 Å². The van der Waals surface area contributed by atoms with Crippen molar-refractivity contribution in [2.75, 3.05) is 19.6 Å². The maximum atomic E-state index is 12.6. The number of carbonyl (C=O) groups is 2. The molecule has 2 heterocycles. The Kier molecular flexibility index (Phi) is 13.6. The van der Waals surface area contributed by atoms with E-state index in [0.717, 1.165) is 51.7 Å². The summed E-state index contributed by atoms with van der Waals surface area (Å²) in [5, 5.41) is 6.33. The van der Waals surface area contributed by atoms with Crippen molar-refractivity contribution in [1.29, 1.82) is 0 Å². The first kappa shape index (κ1) is 25.2. The van der Waals surface area contributed by atoms with Crippen LogP contribution < -0.4 is 10.6 Å². The Hall–Kier alpha value is -0.810. The quantitative estimate of drug-likeness (QED) is 0.443. The van der Waals surface area contributed by atoms with E-state index in [-0.39, 0.29) is 36.3 Å². The Balaban J connectivity index is 0.00000392. The van der Waals surface area contributed by atoms with Gasteiger partial charge >= 0.3 is 0 Å². The molecule has 0 aromatic rings. The second-order valence-electron chi connectivity index (χ2n) is 8.31. The Morgan fingerprint density at radius 2 is 1.57 bits per heavy atom. The molecule has 0 aliphatic carbocycles. The molecule has 164 valence electrons. The van der Waals surface area contributed by atoms with E-state index in [1.807, 2.05) is 4.90 Å². The number of hydrogen-bond acceptors (Lipinski definition) is 3. The van der Waals surface area contributed by atoms with E-state index < -0.39 is 0 Å². The van der Waals surface area contributed by atoms with Gasteiger partial charge in [0.15, 0.2) is 0 Å². The van der Waals surface area contributed by atoms with Gasteiger partial charge in [-0.3, -0.25) is 9.59 Å². The highest BCUT2D eigenvalue weighted by Gasteiger charge is 2.37. The Morgan fingerprint density at radius 1 is 0.929 bits per heavy atom. The monoisotopic (exact) mass is 415 g/mol. The van der Waals surface area contributed by atoms with E-state index >= 15 is 0 Å². The van der Waals surface area contributed by atoms with Crippen LogP contribution in [-0.4, -0.2) is 48.4 Å². The minimum absolute atomic E-state index is 0. The lowest BCUT2D eigenvalue weighted by Gasteiger charge is -2.26. The maximum Gasteiger partial charge on any atom is 0.242 e. The van der Waals surface area contributed by atoms with Crippen molar-refractivity contribution in [2.45, 2.75) is 109 Å². The van der Waals surface area contributed by atoms with Crippen LogP contribution >= 0.6 is 12.4 Å². The minimum Gasteiger partial charge on any atom is -0.354 e.